The van der Waals surface area contributed by atoms with E-state index in [-0.39, 0.29) is 6.04 Å². The molecule has 2 aliphatic rings. The third kappa shape index (κ3) is 6.69. The molecule has 4 rings (SSSR count). The number of β-amino-alcohol motifs (C(OH)–C–C–N with tert-alkyl or cyclic N) is 1. The molecule has 1 saturated heterocycles. The quantitative estimate of drug-likeness (QED) is 0.551. The molecule has 1 heterocycles. The molecule has 4 nitrogen and oxygen atoms in total. The van der Waals surface area contributed by atoms with Gasteiger partial charge in [0.25, 0.3) is 0 Å². The fraction of sp³-hybridized carbons (Fsp3) is 0.600. The molecule has 0 unspecified atom stereocenters. The molecule has 4 atom stereocenters. The van der Waals surface area contributed by atoms with E-state index < -0.39 is 6.10 Å². The standard InChI is InChI=1S/C30H44N2O2/c1-23(2)28-15-14-24(3)20-29(28)34-22-27(33)21-31-16-18-32(19-17-31)30(25-10-6-4-7-11-25)26-12-8-5-9-13-26/h4-13,23-24,27-30,33H,14-22H2,1-3H3/t24-,27-,28-,29+/m1/s1. The second kappa shape index (κ2) is 12.3. The van der Waals surface area contributed by atoms with Crippen LogP contribution >= 0.6 is 0 Å². The van der Waals surface area contributed by atoms with Crippen LogP contribution in [0.15, 0.2) is 60.7 Å². The topological polar surface area (TPSA) is 35.9 Å². The van der Waals surface area contributed by atoms with Gasteiger partial charge in [-0.1, -0.05) is 87.9 Å². The molecule has 4 heteroatoms. The van der Waals surface area contributed by atoms with Gasteiger partial charge in [-0.25, -0.2) is 0 Å². The van der Waals surface area contributed by atoms with Gasteiger partial charge >= 0.3 is 0 Å². The smallest absolute Gasteiger partial charge is 0.0900 e. The Bertz CT molecular complexity index is 796. The zero-order chi connectivity index (χ0) is 23.9. The molecule has 34 heavy (non-hydrogen) atoms. The number of hydrogen-bond acceptors (Lipinski definition) is 4. The lowest BCUT2D eigenvalue weighted by molar-refractivity contribution is -0.0757. The van der Waals surface area contributed by atoms with Crippen LogP contribution in [0.25, 0.3) is 0 Å². The second-order valence-electron chi connectivity index (χ2n) is 10.9. The Balaban J connectivity index is 1.29. The Hall–Kier alpha value is -1.72. The van der Waals surface area contributed by atoms with Gasteiger partial charge in [0.1, 0.15) is 0 Å². The summed E-state index contributed by atoms with van der Waals surface area (Å²) in [4.78, 5) is 4.99. The number of rotatable bonds is 9. The summed E-state index contributed by atoms with van der Waals surface area (Å²) in [5.74, 6) is 2.00. The maximum Gasteiger partial charge on any atom is 0.0900 e. The van der Waals surface area contributed by atoms with Crippen molar-refractivity contribution >= 4 is 0 Å². The highest BCUT2D eigenvalue weighted by Gasteiger charge is 2.32. The number of ether oxygens (including phenoxy) is 1. The van der Waals surface area contributed by atoms with Crippen molar-refractivity contribution in [2.45, 2.75) is 58.3 Å². The monoisotopic (exact) mass is 464 g/mol. The highest BCUT2D eigenvalue weighted by atomic mass is 16.5. The maximum absolute atomic E-state index is 10.8. The summed E-state index contributed by atoms with van der Waals surface area (Å²) < 4.78 is 6.32. The van der Waals surface area contributed by atoms with Gasteiger partial charge in [-0.3, -0.25) is 9.80 Å². The van der Waals surface area contributed by atoms with Crippen molar-refractivity contribution in [1.29, 1.82) is 0 Å². The molecule has 1 aliphatic carbocycles. The first-order chi connectivity index (χ1) is 16.5. The Kier molecular flexibility index (Phi) is 9.18. The van der Waals surface area contributed by atoms with Gasteiger partial charge in [0.15, 0.2) is 0 Å². The molecule has 186 valence electrons. The molecule has 2 aromatic rings. The molecule has 0 bridgehead atoms. The first-order valence-corrected chi connectivity index (χ1v) is 13.4. The second-order valence-corrected chi connectivity index (χ2v) is 10.9. The molecule has 2 aromatic carbocycles. The van der Waals surface area contributed by atoms with Crippen molar-refractivity contribution in [3.63, 3.8) is 0 Å². The van der Waals surface area contributed by atoms with Crippen molar-refractivity contribution in [2.75, 3.05) is 39.3 Å². The van der Waals surface area contributed by atoms with Crippen molar-refractivity contribution in [1.82, 2.24) is 9.80 Å². The molecule has 1 saturated carbocycles. The summed E-state index contributed by atoms with van der Waals surface area (Å²) in [6.07, 6.45) is 3.58. The maximum atomic E-state index is 10.8. The molecular formula is C30H44N2O2. The van der Waals surface area contributed by atoms with Gasteiger partial charge < -0.3 is 9.84 Å². The van der Waals surface area contributed by atoms with Crippen molar-refractivity contribution in [3.8, 4) is 0 Å². The van der Waals surface area contributed by atoms with E-state index >= 15 is 0 Å². The van der Waals surface area contributed by atoms with Crippen LogP contribution in [0.1, 0.15) is 57.2 Å². The highest BCUT2D eigenvalue weighted by molar-refractivity contribution is 5.31. The minimum atomic E-state index is -0.421. The van der Waals surface area contributed by atoms with E-state index in [4.69, 9.17) is 4.74 Å². The number of aliphatic hydroxyl groups excluding tert-OH is 1. The van der Waals surface area contributed by atoms with Gasteiger partial charge in [0.2, 0.25) is 0 Å². The van der Waals surface area contributed by atoms with Crippen LogP contribution in [0.3, 0.4) is 0 Å². The minimum absolute atomic E-state index is 0.277. The van der Waals surface area contributed by atoms with Crippen LogP contribution in [-0.2, 0) is 4.74 Å². The lowest BCUT2D eigenvalue weighted by Gasteiger charge is -2.40. The Labute approximate surface area is 206 Å². The van der Waals surface area contributed by atoms with Crippen LogP contribution < -0.4 is 0 Å². The van der Waals surface area contributed by atoms with E-state index in [0.717, 1.165) is 38.5 Å². The first kappa shape index (κ1) is 25.4. The van der Waals surface area contributed by atoms with E-state index in [2.05, 4.69) is 91.2 Å². The van der Waals surface area contributed by atoms with Crippen LogP contribution in [0.5, 0.6) is 0 Å². The fourth-order valence-corrected chi connectivity index (χ4v) is 5.98. The zero-order valence-electron chi connectivity index (χ0n) is 21.4. The van der Waals surface area contributed by atoms with Crippen LogP contribution in [0.2, 0.25) is 0 Å². The van der Waals surface area contributed by atoms with E-state index in [1.165, 1.54) is 24.0 Å². The van der Waals surface area contributed by atoms with Gasteiger partial charge in [0.05, 0.1) is 24.9 Å². The predicted molar refractivity (Wildman–Crippen MR) is 140 cm³/mol. The van der Waals surface area contributed by atoms with E-state index in [1.807, 2.05) is 0 Å². The van der Waals surface area contributed by atoms with Crippen molar-refractivity contribution in [3.05, 3.63) is 71.8 Å². The molecular weight excluding hydrogens is 420 g/mol. The minimum Gasteiger partial charge on any atom is -0.389 e. The van der Waals surface area contributed by atoms with E-state index in [0.29, 0.717) is 31.1 Å². The fourth-order valence-electron chi connectivity index (χ4n) is 5.98. The number of benzene rings is 2. The summed E-state index contributed by atoms with van der Waals surface area (Å²) in [5, 5.41) is 10.8. The lowest BCUT2D eigenvalue weighted by Crippen LogP contribution is -2.50. The molecule has 2 fully saturated rings. The molecule has 0 radical (unpaired) electrons. The Morgan fingerprint density at radius 2 is 1.47 bits per heavy atom. The average Bonchev–Trinajstić information content (AvgIpc) is 2.85. The van der Waals surface area contributed by atoms with Gasteiger partial charge in [-0.15, -0.1) is 0 Å². The third-order valence-corrected chi connectivity index (χ3v) is 7.94. The summed E-state index contributed by atoms with van der Waals surface area (Å²) in [6, 6.07) is 21.9. The number of piperazine rings is 1. The summed E-state index contributed by atoms with van der Waals surface area (Å²) in [5.41, 5.74) is 2.69. The molecule has 1 aliphatic heterocycles. The normalized spacial score (nSPS) is 25.6. The molecule has 0 aromatic heterocycles. The molecule has 0 spiro atoms. The van der Waals surface area contributed by atoms with Crippen LogP contribution in [0, 0.1) is 17.8 Å². The summed E-state index contributed by atoms with van der Waals surface area (Å²) >= 11 is 0. The Morgan fingerprint density at radius 3 is 2.03 bits per heavy atom. The summed E-state index contributed by atoms with van der Waals surface area (Å²) in [6.45, 7) is 12.1. The lowest BCUT2D eigenvalue weighted by atomic mass is 9.75. The van der Waals surface area contributed by atoms with Crippen LogP contribution in [0.4, 0.5) is 0 Å². The van der Waals surface area contributed by atoms with E-state index in [1.54, 1.807) is 0 Å². The number of hydrogen-bond donors (Lipinski definition) is 1. The zero-order valence-corrected chi connectivity index (χ0v) is 21.4. The SMILES string of the molecule is CC(C)[C@H]1CC[C@@H](C)C[C@@H]1OC[C@H](O)CN1CCN(C(c2ccccc2)c2ccccc2)CC1. The molecule has 0 amide bonds. The summed E-state index contributed by atoms with van der Waals surface area (Å²) in [7, 11) is 0. The van der Waals surface area contributed by atoms with E-state index in [9.17, 15) is 5.11 Å². The van der Waals surface area contributed by atoms with Crippen molar-refractivity contribution in [2.24, 2.45) is 17.8 Å². The highest BCUT2D eigenvalue weighted by Crippen LogP contribution is 2.35. The number of aliphatic hydroxyl groups is 1. The van der Waals surface area contributed by atoms with Gasteiger partial charge in [-0.2, -0.15) is 0 Å². The predicted octanol–water partition coefficient (Wildman–Crippen LogP) is 5.23. The average molecular weight is 465 g/mol. The van der Waals surface area contributed by atoms with Crippen molar-refractivity contribution < 1.29 is 9.84 Å². The third-order valence-electron chi connectivity index (χ3n) is 7.94. The first-order valence-electron chi connectivity index (χ1n) is 13.4. The molecule has 1 N–H and O–H groups in total. The van der Waals surface area contributed by atoms with Gasteiger partial charge in [0, 0.05) is 32.7 Å². The Morgan fingerprint density at radius 1 is 0.882 bits per heavy atom. The van der Waals surface area contributed by atoms with Gasteiger partial charge in [-0.05, 0) is 41.7 Å². The largest absolute Gasteiger partial charge is 0.389 e. The number of nitrogens with zero attached hydrogens (tertiary/aromatic N) is 2. The van der Waals surface area contributed by atoms with Crippen LogP contribution in [-0.4, -0.2) is 66.4 Å².